The molecule has 0 unspecified atom stereocenters. The van der Waals surface area contributed by atoms with Crippen LogP contribution in [-0.4, -0.2) is 35.0 Å². The number of carbonyl (C=O) groups is 1. The highest BCUT2D eigenvalue weighted by molar-refractivity contribution is 5.66. The van der Waals surface area contributed by atoms with Gasteiger partial charge >= 0.3 is 5.97 Å². The number of aliphatic hydroxyl groups excluding tert-OH is 2. The molecule has 0 heterocycles. The van der Waals surface area contributed by atoms with Crippen molar-refractivity contribution < 1.29 is 19.7 Å². The van der Waals surface area contributed by atoms with E-state index in [-0.39, 0.29) is 30.2 Å². The Kier molecular flexibility index (Phi) is 5.83. The van der Waals surface area contributed by atoms with E-state index in [0.29, 0.717) is 40.9 Å². The van der Waals surface area contributed by atoms with E-state index in [1.54, 1.807) is 6.92 Å². The second-order valence-corrected chi connectivity index (χ2v) is 11.5. The van der Waals surface area contributed by atoms with Crippen LogP contribution in [0.25, 0.3) is 0 Å². The van der Waals surface area contributed by atoms with Crippen LogP contribution in [0.4, 0.5) is 0 Å². The third kappa shape index (κ3) is 3.46. The van der Waals surface area contributed by atoms with Crippen LogP contribution in [0, 0.1) is 46.3 Å². The van der Waals surface area contributed by atoms with Crippen molar-refractivity contribution in [1.82, 2.24) is 0 Å². The molecule has 4 aliphatic carbocycles. The number of rotatable bonds is 4. The molecule has 0 saturated heterocycles. The first-order chi connectivity index (χ1) is 13.7. The van der Waals surface area contributed by atoms with Gasteiger partial charge in [-0.25, -0.2) is 0 Å². The largest absolute Gasteiger partial charge is 0.462 e. The van der Waals surface area contributed by atoms with Gasteiger partial charge in [-0.2, -0.15) is 0 Å². The number of esters is 1. The molecule has 0 bridgehead atoms. The molecule has 0 aromatic rings. The average Bonchev–Trinajstić information content (AvgIpc) is 3.00. The first kappa shape index (κ1) is 21.6. The first-order valence-corrected chi connectivity index (χ1v) is 12.2. The quantitative estimate of drug-likeness (QED) is 0.671. The summed E-state index contributed by atoms with van der Waals surface area (Å²) in [5.74, 6) is 3.20. The van der Waals surface area contributed by atoms with Gasteiger partial charge in [-0.3, -0.25) is 4.79 Å². The smallest absolute Gasteiger partial charge is 0.302 e. The van der Waals surface area contributed by atoms with Crippen LogP contribution in [-0.2, 0) is 9.53 Å². The first-order valence-electron chi connectivity index (χ1n) is 12.2. The Hall–Kier alpha value is -0.610. The van der Waals surface area contributed by atoms with Crippen molar-refractivity contribution in [2.75, 3.05) is 6.61 Å². The molecule has 4 rings (SSSR count). The molecule has 166 valence electrons. The highest BCUT2D eigenvalue weighted by Crippen LogP contribution is 2.68. The zero-order valence-electron chi connectivity index (χ0n) is 18.9. The van der Waals surface area contributed by atoms with Crippen LogP contribution in [0.3, 0.4) is 0 Å². The summed E-state index contributed by atoms with van der Waals surface area (Å²) in [5, 5.41) is 19.8. The Balaban J connectivity index is 1.66. The third-order valence-electron chi connectivity index (χ3n) is 10.3. The van der Waals surface area contributed by atoms with Crippen LogP contribution in [0.5, 0.6) is 0 Å². The van der Waals surface area contributed by atoms with E-state index < -0.39 is 0 Å². The van der Waals surface area contributed by atoms with Crippen LogP contribution < -0.4 is 0 Å². The van der Waals surface area contributed by atoms with Gasteiger partial charge in [0.05, 0.1) is 6.10 Å². The van der Waals surface area contributed by atoms with Crippen molar-refractivity contribution in [2.24, 2.45) is 46.3 Å². The fraction of sp³-hybridized carbons (Fsp3) is 0.960. The highest BCUT2D eigenvalue weighted by Gasteiger charge is 2.63. The zero-order chi connectivity index (χ0) is 21.0. The van der Waals surface area contributed by atoms with Crippen molar-refractivity contribution in [3.05, 3.63) is 0 Å². The van der Waals surface area contributed by atoms with Gasteiger partial charge in [0, 0.05) is 19.4 Å². The molecule has 0 spiro atoms. The molecule has 0 aliphatic heterocycles. The van der Waals surface area contributed by atoms with E-state index in [0.717, 1.165) is 32.1 Å². The normalized spacial score (nSPS) is 50.2. The maximum absolute atomic E-state index is 12.0. The molecule has 4 fully saturated rings. The second-order valence-electron chi connectivity index (χ2n) is 11.5. The Morgan fingerprint density at radius 3 is 2.45 bits per heavy atom. The second kappa shape index (κ2) is 7.82. The molecule has 0 aromatic heterocycles. The molecule has 2 N–H and O–H groups in total. The van der Waals surface area contributed by atoms with Gasteiger partial charge < -0.3 is 14.9 Å². The number of carbonyl (C=O) groups excluding carboxylic acids is 1. The minimum Gasteiger partial charge on any atom is -0.462 e. The molecular formula is C25H42O4. The van der Waals surface area contributed by atoms with Gasteiger partial charge in [0.1, 0.15) is 6.10 Å². The minimum absolute atomic E-state index is 0.0115. The van der Waals surface area contributed by atoms with Crippen LogP contribution in [0.2, 0.25) is 0 Å². The lowest BCUT2D eigenvalue weighted by atomic mass is 9.43. The summed E-state index contributed by atoms with van der Waals surface area (Å²) >= 11 is 0. The Labute approximate surface area is 176 Å². The molecule has 4 nitrogen and oxygen atoms in total. The summed E-state index contributed by atoms with van der Waals surface area (Å²) in [5.41, 5.74) is 0.572. The van der Waals surface area contributed by atoms with Gasteiger partial charge in [-0.1, -0.05) is 20.8 Å². The standard InChI is InChI=1S/C25H42O4/c1-15(9-12-26)19-5-6-20-23-21(8-11-25(19,20)4)24(3)10-7-18(28)13-17(24)14-22(23)29-16(2)27/h15,17-23,26,28H,5-14H2,1-4H3/t15-,17+,18-,19-,20+,21+,22+,23+,24+,25-/m1/s1. The molecule has 29 heavy (non-hydrogen) atoms. The molecule has 0 aromatic carbocycles. The summed E-state index contributed by atoms with van der Waals surface area (Å²) in [6, 6.07) is 0. The minimum atomic E-state index is -0.188. The summed E-state index contributed by atoms with van der Waals surface area (Å²) in [6.07, 6.45) is 9.52. The average molecular weight is 407 g/mol. The van der Waals surface area contributed by atoms with E-state index in [1.165, 1.54) is 25.7 Å². The molecule has 4 heteroatoms. The molecule has 4 aliphatic rings. The van der Waals surface area contributed by atoms with Crippen molar-refractivity contribution >= 4 is 5.97 Å². The highest BCUT2D eigenvalue weighted by atomic mass is 16.5. The SMILES string of the molecule is CC(=O)O[C@H]1C[C@@H]2C[C@H](O)CC[C@]2(C)[C@H]2CC[C@]3(C)[C@@H]([C@H](C)CCO)CC[C@H]3[C@H]12. The molecule has 0 radical (unpaired) electrons. The molecular weight excluding hydrogens is 364 g/mol. The maximum Gasteiger partial charge on any atom is 0.302 e. The lowest BCUT2D eigenvalue weighted by Gasteiger charge is -2.62. The topological polar surface area (TPSA) is 66.8 Å². The van der Waals surface area contributed by atoms with E-state index in [4.69, 9.17) is 4.74 Å². The molecule has 4 saturated carbocycles. The van der Waals surface area contributed by atoms with Crippen molar-refractivity contribution in [3.63, 3.8) is 0 Å². The van der Waals surface area contributed by atoms with E-state index in [2.05, 4.69) is 20.8 Å². The number of fused-ring (bicyclic) bond motifs is 5. The number of aliphatic hydroxyl groups is 2. The van der Waals surface area contributed by atoms with Gasteiger partial charge in [0.15, 0.2) is 0 Å². The Morgan fingerprint density at radius 1 is 1.07 bits per heavy atom. The van der Waals surface area contributed by atoms with Crippen molar-refractivity contribution in [3.8, 4) is 0 Å². The number of hydrogen-bond acceptors (Lipinski definition) is 4. The monoisotopic (exact) mass is 406 g/mol. The van der Waals surface area contributed by atoms with Crippen molar-refractivity contribution in [1.29, 1.82) is 0 Å². The Bertz CT molecular complexity index is 620. The van der Waals surface area contributed by atoms with E-state index in [9.17, 15) is 15.0 Å². The lowest BCUT2D eigenvalue weighted by molar-refractivity contribution is -0.194. The Morgan fingerprint density at radius 2 is 1.76 bits per heavy atom. The summed E-state index contributed by atoms with van der Waals surface area (Å²) in [4.78, 5) is 12.0. The van der Waals surface area contributed by atoms with Crippen molar-refractivity contribution in [2.45, 2.75) is 97.7 Å². The predicted octanol–water partition coefficient (Wildman–Crippen LogP) is 4.57. The number of hydrogen-bond donors (Lipinski definition) is 2. The van der Waals surface area contributed by atoms with Crippen LogP contribution in [0.15, 0.2) is 0 Å². The van der Waals surface area contributed by atoms with E-state index in [1.807, 2.05) is 0 Å². The molecule has 10 atom stereocenters. The molecule has 0 amide bonds. The maximum atomic E-state index is 12.0. The van der Waals surface area contributed by atoms with Gasteiger partial charge in [-0.15, -0.1) is 0 Å². The zero-order valence-corrected chi connectivity index (χ0v) is 18.9. The van der Waals surface area contributed by atoms with Gasteiger partial charge in [0.25, 0.3) is 0 Å². The van der Waals surface area contributed by atoms with Gasteiger partial charge in [0.2, 0.25) is 0 Å². The number of ether oxygens (including phenoxy) is 1. The summed E-state index contributed by atoms with van der Waals surface area (Å²) in [7, 11) is 0. The summed E-state index contributed by atoms with van der Waals surface area (Å²) in [6.45, 7) is 9.15. The lowest BCUT2D eigenvalue weighted by Crippen LogP contribution is -2.59. The predicted molar refractivity (Wildman–Crippen MR) is 113 cm³/mol. The third-order valence-corrected chi connectivity index (χ3v) is 10.3. The van der Waals surface area contributed by atoms with E-state index >= 15 is 0 Å². The fourth-order valence-electron chi connectivity index (χ4n) is 8.89. The van der Waals surface area contributed by atoms with Crippen LogP contribution >= 0.6 is 0 Å². The van der Waals surface area contributed by atoms with Gasteiger partial charge in [-0.05, 0) is 98.2 Å². The van der Waals surface area contributed by atoms with Crippen LogP contribution in [0.1, 0.15) is 85.5 Å². The fourth-order valence-corrected chi connectivity index (χ4v) is 8.89. The summed E-state index contributed by atoms with van der Waals surface area (Å²) < 4.78 is 6.03.